The van der Waals surface area contributed by atoms with E-state index in [1.54, 1.807) is 25.7 Å². The van der Waals surface area contributed by atoms with Gasteiger partial charge in [0, 0.05) is 32.2 Å². The molecule has 106 valence electrons. The molecule has 0 radical (unpaired) electrons. The molecular weight excluding hydrogens is 254 g/mol. The van der Waals surface area contributed by atoms with E-state index in [4.69, 9.17) is 4.74 Å². The topological polar surface area (TPSA) is 66.9 Å². The molecule has 0 amide bonds. The molecule has 0 unspecified atom stereocenters. The number of nitrogens with one attached hydrogen (secondary N) is 1. The lowest BCUT2D eigenvalue weighted by molar-refractivity contribution is 0.140. The number of hydrogen-bond donors (Lipinski definition) is 1. The van der Waals surface area contributed by atoms with Crippen molar-refractivity contribution >= 4 is 0 Å². The SMILES string of the molecule is COCCN1CCC[C@H]1c1nccnc1-c1ccn[nH]1. The van der Waals surface area contributed by atoms with Crippen LogP contribution in [0.3, 0.4) is 0 Å². The van der Waals surface area contributed by atoms with Crippen molar-refractivity contribution in [2.45, 2.75) is 18.9 Å². The minimum Gasteiger partial charge on any atom is -0.383 e. The maximum atomic E-state index is 5.20. The molecular formula is C14H19N5O. The fourth-order valence-corrected chi connectivity index (χ4v) is 2.80. The zero-order chi connectivity index (χ0) is 13.8. The molecule has 1 aliphatic rings. The normalized spacial score (nSPS) is 19.6. The molecule has 1 aliphatic heterocycles. The molecule has 0 saturated carbocycles. The van der Waals surface area contributed by atoms with E-state index in [1.165, 1.54) is 6.42 Å². The minimum absolute atomic E-state index is 0.317. The van der Waals surface area contributed by atoms with E-state index in [9.17, 15) is 0 Å². The molecule has 0 aromatic carbocycles. The molecule has 2 aromatic heterocycles. The Morgan fingerprint density at radius 1 is 1.35 bits per heavy atom. The number of ether oxygens (including phenoxy) is 1. The van der Waals surface area contributed by atoms with E-state index in [-0.39, 0.29) is 0 Å². The van der Waals surface area contributed by atoms with E-state index < -0.39 is 0 Å². The Labute approximate surface area is 118 Å². The van der Waals surface area contributed by atoms with Gasteiger partial charge in [0.1, 0.15) is 5.69 Å². The third-order valence-electron chi connectivity index (χ3n) is 3.74. The highest BCUT2D eigenvalue weighted by Crippen LogP contribution is 2.34. The van der Waals surface area contributed by atoms with Crippen LogP contribution in [-0.2, 0) is 4.74 Å². The molecule has 6 heteroatoms. The number of H-pyrrole nitrogens is 1. The largest absolute Gasteiger partial charge is 0.383 e. The van der Waals surface area contributed by atoms with Crippen molar-refractivity contribution < 1.29 is 4.74 Å². The molecule has 2 aromatic rings. The van der Waals surface area contributed by atoms with Crippen LogP contribution in [0.25, 0.3) is 11.4 Å². The summed E-state index contributed by atoms with van der Waals surface area (Å²) in [5.41, 5.74) is 2.86. The maximum Gasteiger partial charge on any atom is 0.111 e. The fourth-order valence-electron chi connectivity index (χ4n) is 2.80. The van der Waals surface area contributed by atoms with Crippen LogP contribution < -0.4 is 0 Å². The van der Waals surface area contributed by atoms with Crippen molar-refractivity contribution in [1.29, 1.82) is 0 Å². The summed E-state index contributed by atoms with van der Waals surface area (Å²) < 4.78 is 5.20. The Balaban J connectivity index is 1.90. The van der Waals surface area contributed by atoms with E-state index in [1.807, 2.05) is 6.07 Å². The predicted molar refractivity (Wildman–Crippen MR) is 75.0 cm³/mol. The van der Waals surface area contributed by atoms with Gasteiger partial charge in [0.15, 0.2) is 0 Å². The fraction of sp³-hybridized carbons (Fsp3) is 0.500. The lowest BCUT2D eigenvalue weighted by Crippen LogP contribution is -2.28. The summed E-state index contributed by atoms with van der Waals surface area (Å²) in [6.07, 6.45) is 7.54. The Morgan fingerprint density at radius 2 is 2.25 bits per heavy atom. The third kappa shape index (κ3) is 2.57. The molecule has 3 rings (SSSR count). The van der Waals surface area contributed by atoms with E-state index >= 15 is 0 Å². The summed E-state index contributed by atoms with van der Waals surface area (Å²) in [5, 5.41) is 6.99. The predicted octanol–water partition coefficient (Wildman–Crippen LogP) is 1.65. The Bertz CT molecular complexity index is 542. The molecule has 6 nitrogen and oxygen atoms in total. The van der Waals surface area contributed by atoms with Crippen molar-refractivity contribution in [3.8, 4) is 11.4 Å². The summed E-state index contributed by atoms with van der Waals surface area (Å²) in [6.45, 7) is 2.77. The minimum atomic E-state index is 0.317. The number of aromatic nitrogens is 4. The monoisotopic (exact) mass is 273 g/mol. The first-order valence-corrected chi connectivity index (χ1v) is 6.94. The van der Waals surface area contributed by atoms with Crippen LogP contribution in [-0.4, -0.2) is 51.9 Å². The maximum absolute atomic E-state index is 5.20. The second kappa shape index (κ2) is 6.11. The highest BCUT2D eigenvalue weighted by molar-refractivity contribution is 5.56. The number of methoxy groups -OCH3 is 1. The summed E-state index contributed by atoms with van der Waals surface area (Å²) in [4.78, 5) is 11.5. The Hall–Kier alpha value is -1.79. The van der Waals surface area contributed by atoms with Crippen molar-refractivity contribution in [2.24, 2.45) is 0 Å². The second-order valence-electron chi connectivity index (χ2n) is 4.95. The van der Waals surface area contributed by atoms with E-state index in [0.29, 0.717) is 6.04 Å². The van der Waals surface area contributed by atoms with Crippen LogP contribution in [0.2, 0.25) is 0 Å². The third-order valence-corrected chi connectivity index (χ3v) is 3.74. The Morgan fingerprint density at radius 3 is 3.05 bits per heavy atom. The van der Waals surface area contributed by atoms with Gasteiger partial charge in [-0.2, -0.15) is 5.10 Å². The van der Waals surface area contributed by atoms with Crippen LogP contribution in [0.1, 0.15) is 24.6 Å². The lowest BCUT2D eigenvalue weighted by Gasteiger charge is -2.24. The summed E-state index contributed by atoms with van der Waals surface area (Å²) >= 11 is 0. The van der Waals surface area contributed by atoms with Crippen molar-refractivity contribution in [2.75, 3.05) is 26.8 Å². The zero-order valence-corrected chi connectivity index (χ0v) is 11.6. The van der Waals surface area contributed by atoms with Gasteiger partial charge in [-0.1, -0.05) is 0 Å². The highest BCUT2D eigenvalue weighted by atomic mass is 16.5. The number of nitrogens with zero attached hydrogens (tertiary/aromatic N) is 4. The van der Waals surface area contributed by atoms with Crippen LogP contribution in [0, 0.1) is 0 Å². The molecule has 1 saturated heterocycles. The van der Waals surface area contributed by atoms with Crippen LogP contribution in [0.15, 0.2) is 24.7 Å². The lowest BCUT2D eigenvalue weighted by atomic mass is 10.1. The molecule has 0 spiro atoms. The van der Waals surface area contributed by atoms with Crippen LogP contribution in [0.5, 0.6) is 0 Å². The first kappa shape index (κ1) is 13.2. The standard InChI is InChI=1S/C14H19N5O/c1-20-10-9-19-8-2-3-12(19)14-13(15-6-7-16-14)11-4-5-17-18-11/h4-7,12H,2-3,8-10H2,1H3,(H,17,18)/t12-/m0/s1. The second-order valence-corrected chi connectivity index (χ2v) is 4.95. The van der Waals surface area contributed by atoms with Crippen molar-refractivity contribution in [3.05, 3.63) is 30.4 Å². The zero-order valence-electron chi connectivity index (χ0n) is 11.6. The Kier molecular flexibility index (Phi) is 4.03. The van der Waals surface area contributed by atoms with E-state index in [0.717, 1.165) is 43.2 Å². The van der Waals surface area contributed by atoms with Gasteiger partial charge in [-0.25, -0.2) is 0 Å². The van der Waals surface area contributed by atoms with Crippen LogP contribution in [0.4, 0.5) is 0 Å². The van der Waals surface area contributed by atoms with Gasteiger partial charge in [0.25, 0.3) is 0 Å². The van der Waals surface area contributed by atoms with Gasteiger partial charge < -0.3 is 4.74 Å². The van der Waals surface area contributed by atoms with E-state index in [2.05, 4.69) is 25.1 Å². The average molecular weight is 273 g/mol. The smallest absolute Gasteiger partial charge is 0.111 e. The van der Waals surface area contributed by atoms with Gasteiger partial charge in [-0.3, -0.25) is 20.0 Å². The van der Waals surface area contributed by atoms with Gasteiger partial charge in [-0.05, 0) is 25.5 Å². The number of rotatable bonds is 5. The van der Waals surface area contributed by atoms with Gasteiger partial charge >= 0.3 is 0 Å². The molecule has 0 bridgehead atoms. The van der Waals surface area contributed by atoms with Gasteiger partial charge in [0.05, 0.1) is 24.0 Å². The van der Waals surface area contributed by atoms with Crippen molar-refractivity contribution in [3.63, 3.8) is 0 Å². The van der Waals surface area contributed by atoms with Crippen LogP contribution >= 0.6 is 0 Å². The summed E-state index contributed by atoms with van der Waals surface area (Å²) in [5.74, 6) is 0. The molecule has 1 N–H and O–H groups in total. The van der Waals surface area contributed by atoms with Gasteiger partial charge in [-0.15, -0.1) is 0 Å². The number of aromatic amines is 1. The molecule has 1 atom stereocenters. The average Bonchev–Trinajstić information content (AvgIpc) is 3.16. The summed E-state index contributed by atoms with van der Waals surface area (Å²) in [7, 11) is 1.74. The number of hydrogen-bond acceptors (Lipinski definition) is 5. The first-order chi connectivity index (χ1) is 9.90. The quantitative estimate of drug-likeness (QED) is 0.897. The first-order valence-electron chi connectivity index (χ1n) is 6.94. The summed E-state index contributed by atoms with van der Waals surface area (Å²) in [6, 6.07) is 2.25. The van der Waals surface area contributed by atoms with Crippen molar-refractivity contribution in [1.82, 2.24) is 25.1 Å². The molecule has 3 heterocycles. The molecule has 0 aliphatic carbocycles. The highest BCUT2D eigenvalue weighted by Gasteiger charge is 2.29. The molecule has 1 fully saturated rings. The number of likely N-dealkylation sites (tertiary alicyclic amines) is 1. The van der Waals surface area contributed by atoms with Gasteiger partial charge in [0.2, 0.25) is 0 Å². The molecule has 20 heavy (non-hydrogen) atoms.